The lowest BCUT2D eigenvalue weighted by atomic mass is 10.0. The zero-order chi connectivity index (χ0) is 14.7. The van der Waals surface area contributed by atoms with Gasteiger partial charge in [-0.3, -0.25) is 4.79 Å². The van der Waals surface area contributed by atoms with Crippen LogP contribution in [0.4, 0.5) is 4.79 Å². The second-order valence-corrected chi connectivity index (χ2v) is 5.89. The maximum absolute atomic E-state index is 12.3. The van der Waals surface area contributed by atoms with Crippen LogP contribution >= 0.6 is 0 Å². The van der Waals surface area contributed by atoms with Crippen LogP contribution in [0.5, 0.6) is 0 Å². The smallest absolute Gasteiger partial charge is 0.320 e. The predicted molar refractivity (Wildman–Crippen MR) is 73.5 cm³/mol. The minimum absolute atomic E-state index is 0.101. The molecule has 1 aliphatic heterocycles. The molecular formula is C14H24N2O4. The van der Waals surface area contributed by atoms with Gasteiger partial charge < -0.3 is 19.6 Å². The van der Waals surface area contributed by atoms with Gasteiger partial charge in [-0.05, 0) is 32.1 Å². The highest BCUT2D eigenvalue weighted by molar-refractivity contribution is 5.78. The van der Waals surface area contributed by atoms with Crippen LogP contribution in [-0.4, -0.2) is 66.3 Å². The number of aliphatic carboxylic acids is 1. The number of hydrogen-bond donors (Lipinski definition) is 1. The SMILES string of the molecule is CC1C(C(=O)O)CCN1C(=O)N(C)CCOCC1CC1. The Morgan fingerprint density at radius 1 is 1.35 bits per heavy atom. The standard InChI is InChI=1S/C14H24N2O4/c1-10-12(13(17)18)5-6-16(10)14(19)15(2)7-8-20-9-11-3-4-11/h10-12H,3-9H2,1-2H3,(H,17,18). The van der Waals surface area contributed by atoms with E-state index in [1.54, 1.807) is 23.8 Å². The number of nitrogens with zero attached hydrogens (tertiary/aromatic N) is 2. The predicted octanol–water partition coefficient (Wildman–Crippen LogP) is 1.26. The molecule has 114 valence electrons. The average molecular weight is 284 g/mol. The monoisotopic (exact) mass is 284 g/mol. The van der Waals surface area contributed by atoms with E-state index in [0.717, 1.165) is 12.5 Å². The van der Waals surface area contributed by atoms with Gasteiger partial charge in [-0.1, -0.05) is 0 Å². The summed E-state index contributed by atoms with van der Waals surface area (Å²) in [5.41, 5.74) is 0. The first-order chi connectivity index (χ1) is 9.50. The van der Waals surface area contributed by atoms with E-state index < -0.39 is 11.9 Å². The number of urea groups is 1. The second kappa shape index (κ2) is 6.43. The lowest BCUT2D eigenvalue weighted by Crippen LogP contribution is -2.45. The molecule has 1 saturated heterocycles. The molecule has 0 aromatic rings. The molecular weight excluding hydrogens is 260 g/mol. The number of ether oxygens (including phenoxy) is 1. The minimum atomic E-state index is -0.816. The molecule has 20 heavy (non-hydrogen) atoms. The van der Waals surface area contributed by atoms with Crippen molar-refractivity contribution in [2.45, 2.75) is 32.2 Å². The van der Waals surface area contributed by atoms with E-state index in [9.17, 15) is 9.59 Å². The van der Waals surface area contributed by atoms with E-state index in [4.69, 9.17) is 9.84 Å². The molecule has 6 nitrogen and oxygen atoms in total. The third-order valence-electron chi connectivity index (χ3n) is 4.27. The van der Waals surface area contributed by atoms with Gasteiger partial charge in [0.25, 0.3) is 0 Å². The first-order valence-corrected chi connectivity index (χ1v) is 7.33. The van der Waals surface area contributed by atoms with Gasteiger partial charge in [-0.15, -0.1) is 0 Å². The fourth-order valence-electron chi connectivity index (χ4n) is 2.59. The molecule has 2 unspecified atom stereocenters. The Balaban J connectivity index is 1.73. The number of likely N-dealkylation sites (tertiary alicyclic amines) is 1. The molecule has 0 spiro atoms. The van der Waals surface area contributed by atoms with Crippen LogP contribution in [0.15, 0.2) is 0 Å². The number of carbonyl (C=O) groups excluding carboxylic acids is 1. The molecule has 2 atom stereocenters. The Kier molecular flexibility index (Phi) is 4.86. The van der Waals surface area contributed by atoms with Crippen molar-refractivity contribution in [2.24, 2.45) is 11.8 Å². The quantitative estimate of drug-likeness (QED) is 0.745. The summed E-state index contributed by atoms with van der Waals surface area (Å²) >= 11 is 0. The van der Waals surface area contributed by atoms with Gasteiger partial charge in [-0.2, -0.15) is 0 Å². The van der Waals surface area contributed by atoms with Crippen molar-refractivity contribution in [1.82, 2.24) is 9.80 Å². The fraction of sp³-hybridized carbons (Fsp3) is 0.857. The van der Waals surface area contributed by atoms with Crippen LogP contribution in [0.2, 0.25) is 0 Å². The summed E-state index contributed by atoms with van der Waals surface area (Å²) in [6.07, 6.45) is 3.06. The van der Waals surface area contributed by atoms with Crippen molar-refractivity contribution in [3.05, 3.63) is 0 Å². The van der Waals surface area contributed by atoms with Crippen LogP contribution in [-0.2, 0) is 9.53 Å². The molecule has 1 saturated carbocycles. The Morgan fingerprint density at radius 2 is 2.05 bits per heavy atom. The molecule has 2 aliphatic rings. The van der Waals surface area contributed by atoms with Crippen molar-refractivity contribution < 1.29 is 19.4 Å². The van der Waals surface area contributed by atoms with E-state index in [0.29, 0.717) is 26.1 Å². The number of carboxylic acids is 1. The summed E-state index contributed by atoms with van der Waals surface area (Å²) in [5.74, 6) is -0.535. The largest absolute Gasteiger partial charge is 0.481 e. The number of rotatable bonds is 6. The number of carboxylic acid groups (broad SMARTS) is 1. The molecule has 2 rings (SSSR count). The Labute approximate surface area is 119 Å². The summed E-state index contributed by atoms with van der Waals surface area (Å²) in [4.78, 5) is 26.6. The number of amides is 2. The highest BCUT2D eigenvalue weighted by Gasteiger charge is 2.39. The fourth-order valence-corrected chi connectivity index (χ4v) is 2.59. The van der Waals surface area contributed by atoms with E-state index in [-0.39, 0.29) is 12.1 Å². The maximum atomic E-state index is 12.3. The maximum Gasteiger partial charge on any atom is 0.320 e. The molecule has 2 fully saturated rings. The lowest BCUT2D eigenvalue weighted by Gasteiger charge is -2.28. The summed E-state index contributed by atoms with van der Waals surface area (Å²) in [7, 11) is 1.74. The normalized spacial score (nSPS) is 25.8. The first-order valence-electron chi connectivity index (χ1n) is 7.33. The van der Waals surface area contributed by atoms with Crippen molar-refractivity contribution in [3.63, 3.8) is 0 Å². The molecule has 0 bridgehead atoms. The third-order valence-corrected chi connectivity index (χ3v) is 4.27. The summed E-state index contributed by atoms with van der Waals surface area (Å²) in [6, 6.07) is -0.342. The summed E-state index contributed by atoms with van der Waals surface area (Å²) in [5, 5.41) is 9.08. The zero-order valence-electron chi connectivity index (χ0n) is 12.2. The Bertz CT molecular complexity index is 370. The van der Waals surface area contributed by atoms with Crippen LogP contribution < -0.4 is 0 Å². The average Bonchev–Trinajstić information content (AvgIpc) is 3.15. The molecule has 2 amide bonds. The Hall–Kier alpha value is -1.30. The van der Waals surface area contributed by atoms with Crippen molar-refractivity contribution in [1.29, 1.82) is 0 Å². The Morgan fingerprint density at radius 3 is 2.60 bits per heavy atom. The molecule has 0 aromatic heterocycles. The van der Waals surface area contributed by atoms with Crippen molar-refractivity contribution >= 4 is 12.0 Å². The highest BCUT2D eigenvalue weighted by Crippen LogP contribution is 2.28. The van der Waals surface area contributed by atoms with Gasteiger partial charge >= 0.3 is 12.0 Å². The third kappa shape index (κ3) is 3.62. The van der Waals surface area contributed by atoms with Crippen LogP contribution in [0, 0.1) is 11.8 Å². The number of hydrogen-bond acceptors (Lipinski definition) is 3. The van der Waals surface area contributed by atoms with Crippen molar-refractivity contribution in [2.75, 3.05) is 33.4 Å². The highest BCUT2D eigenvalue weighted by atomic mass is 16.5. The van der Waals surface area contributed by atoms with E-state index in [1.807, 2.05) is 0 Å². The van der Waals surface area contributed by atoms with Gasteiger partial charge in [0.1, 0.15) is 0 Å². The van der Waals surface area contributed by atoms with Crippen LogP contribution in [0.1, 0.15) is 26.2 Å². The molecule has 1 heterocycles. The molecule has 0 radical (unpaired) electrons. The van der Waals surface area contributed by atoms with Gasteiger partial charge in [0.15, 0.2) is 0 Å². The molecule has 1 aliphatic carbocycles. The second-order valence-electron chi connectivity index (χ2n) is 5.89. The van der Waals surface area contributed by atoms with Gasteiger partial charge in [-0.25, -0.2) is 4.79 Å². The molecule has 6 heteroatoms. The van der Waals surface area contributed by atoms with E-state index >= 15 is 0 Å². The first kappa shape index (κ1) is 15.1. The van der Waals surface area contributed by atoms with Crippen molar-refractivity contribution in [3.8, 4) is 0 Å². The van der Waals surface area contributed by atoms with Gasteiger partial charge in [0.05, 0.1) is 12.5 Å². The van der Waals surface area contributed by atoms with Gasteiger partial charge in [0, 0.05) is 32.8 Å². The summed E-state index contributed by atoms with van der Waals surface area (Å²) < 4.78 is 5.52. The van der Waals surface area contributed by atoms with Crippen LogP contribution in [0.3, 0.4) is 0 Å². The van der Waals surface area contributed by atoms with E-state index in [2.05, 4.69) is 0 Å². The molecule has 0 aromatic carbocycles. The number of carbonyl (C=O) groups is 2. The van der Waals surface area contributed by atoms with Gasteiger partial charge in [0.2, 0.25) is 0 Å². The molecule has 1 N–H and O–H groups in total. The lowest BCUT2D eigenvalue weighted by molar-refractivity contribution is -0.142. The van der Waals surface area contributed by atoms with Crippen LogP contribution in [0.25, 0.3) is 0 Å². The minimum Gasteiger partial charge on any atom is -0.481 e. The number of likely N-dealkylation sites (N-methyl/N-ethyl adjacent to an activating group) is 1. The topological polar surface area (TPSA) is 70.1 Å². The zero-order valence-corrected chi connectivity index (χ0v) is 12.2. The van der Waals surface area contributed by atoms with E-state index in [1.165, 1.54) is 12.8 Å². The summed E-state index contributed by atoms with van der Waals surface area (Å²) in [6.45, 7) is 4.21.